The summed E-state index contributed by atoms with van der Waals surface area (Å²) in [7, 11) is 1.81. The van der Waals surface area contributed by atoms with Crippen molar-refractivity contribution in [2.24, 2.45) is 0 Å². The van der Waals surface area contributed by atoms with Gasteiger partial charge in [-0.2, -0.15) is 4.37 Å². The van der Waals surface area contributed by atoms with Gasteiger partial charge in [-0.1, -0.05) is 15.9 Å². The van der Waals surface area contributed by atoms with Crippen LogP contribution in [0.25, 0.3) is 0 Å². The number of rotatable bonds is 10. The summed E-state index contributed by atoms with van der Waals surface area (Å²) in [4.78, 5) is 13.9. The van der Waals surface area contributed by atoms with E-state index in [1.165, 1.54) is 0 Å². The number of carbonyl (C=O) groups excluding carboxylic acids is 1. The fourth-order valence-electron chi connectivity index (χ4n) is 2.23. The lowest BCUT2D eigenvalue weighted by molar-refractivity contribution is -0.150. The molecule has 1 aromatic heterocycles. The summed E-state index contributed by atoms with van der Waals surface area (Å²) in [6.07, 6.45) is 0.781. The van der Waals surface area contributed by atoms with E-state index in [1.807, 2.05) is 7.05 Å². The smallest absolute Gasteiger partial charge is 0.306 e. The summed E-state index contributed by atoms with van der Waals surface area (Å²) in [5, 5.41) is 3.79. The van der Waals surface area contributed by atoms with Crippen LogP contribution in [0, 0.1) is 0 Å². The zero-order valence-electron chi connectivity index (χ0n) is 13.7. The van der Waals surface area contributed by atoms with Gasteiger partial charge < -0.3 is 24.4 Å². The van der Waals surface area contributed by atoms with E-state index < -0.39 is 0 Å². The van der Waals surface area contributed by atoms with Gasteiger partial charge >= 0.3 is 5.97 Å². The van der Waals surface area contributed by atoms with Crippen LogP contribution in [0.1, 0.15) is 12.8 Å². The summed E-state index contributed by atoms with van der Waals surface area (Å²) in [6.45, 7) is 3.63. The van der Waals surface area contributed by atoms with Gasteiger partial charge in [-0.15, -0.1) is 4.37 Å². The number of esters is 1. The van der Waals surface area contributed by atoms with Gasteiger partial charge in [-0.05, 0) is 13.5 Å². The molecule has 1 saturated heterocycles. The van der Waals surface area contributed by atoms with E-state index >= 15 is 0 Å². The fraction of sp³-hybridized carbons (Fsp3) is 0.786. The van der Waals surface area contributed by atoms with E-state index in [0.717, 1.165) is 42.4 Å². The Bertz CT molecular complexity index is 499. The number of hydrogen-bond donors (Lipinski definition) is 1. The zero-order valence-corrected chi connectivity index (χ0v) is 16.1. The first-order valence-electron chi connectivity index (χ1n) is 7.92. The molecule has 136 valence electrons. The van der Waals surface area contributed by atoms with Gasteiger partial charge in [0.25, 0.3) is 5.88 Å². The number of carbonyl (C=O) groups is 1. The van der Waals surface area contributed by atoms with Gasteiger partial charge in [-0.3, -0.25) is 4.79 Å². The molecule has 10 heteroatoms. The van der Waals surface area contributed by atoms with E-state index in [1.54, 1.807) is 0 Å². The molecule has 1 N–H and O–H groups in total. The predicted octanol–water partition coefficient (Wildman–Crippen LogP) is 1.06. The van der Waals surface area contributed by atoms with Crippen molar-refractivity contribution < 1.29 is 19.0 Å². The molecule has 1 unspecified atom stereocenters. The van der Waals surface area contributed by atoms with Crippen LogP contribution in [-0.2, 0) is 14.3 Å². The number of aromatic nitrogens is 2. The minimum atomic E-state index is -0.364. The van der Waals surface area contributed by atoms with Crippen LogP contribution in [0.5, 0.6) is 5.88 Å². The monoisotopic (exact) mass is 422 g/mol. The molecule has 0 saturated carbocycles. The largest absolute Gasteiger partial charge is 0.470 e. The Morgan fingerprint density at radius 3 is 2.96 bits per heavy atom. The summed E-state index contributed by atoms with van der Waals surface area (Å²) in [5.74, 6) is 1.000. The molecule has 1 fully saturated rings. The van der Waals surface area contributed by atoms with Crippen molar-refractivity contribution in [3.05, 3.63) is 0 Å². The Morgan fingerprint density at radius 2 is 2.25 bits per heavy atom. The average molecular weight is 423 g/mol. The molecule has 2 rings (SSSR count). The maximum Gasteiger partial charge on any atom is 0.306 e. The van der Waals surface area contributed by atoms with Crippen molar-refractivity contribution in [2.45, 2.75) is 18.9 Å². The standard InChI is InChI=1S/C14H23BrN4O4S/c1-16-9-11(23-12(20)3-2-4-15)10-22-14-13(17-24-18-14)19-5-7-21-8-6-19/h11,16H,2-10H2,1H3. The molecule has 0 aromatic carbocycles. The number of anilines is 1. The number of likely N-dealkylation sites (N-methyl/N-ethyl adjacent to an activating group) is 1. The quantitative estimate of drug-likeness (QED) is 0.442. The van der Waals surface area contributed by atoms with E-state index in [-0.39, 0.29) is 18.7 Å². The number of alkyl halides is 1. The van der Waals surface area contributed by atoms with Crippen molar-refractivity contribution in [1.82, 2.24) is 14.1 Å². The minimum Gasteiger partial charge on any atom is -0.470 e. The van der Waals surface area contributed by atoms with Gasteiger partial charge in [0.05, 0.1) is 24.9 Å². The minimum absolute atomic E-state index is 0.219. The highest BCUT2D eigenvalue weighted by Gasteiger charge is 2.22. The first-order chi connectivity index (χ1) is 11.7. The summed E-state index contributed by atoms with van der Waals surface area (Å²) in [6, 6.07) is 0. The normalized spacial score (nSPS) is 16.0. The first kappa shape index (κ1) is 19.4. The lowest BCUT2D eigenvalue weighted by atomic mass is 10.3. The molecule has 1 aliphatic rings. The van der Waals surface area contributed by atoms with Gasteiger partial charge in [0.1, 0.15) is 12.7 Å². The molecular formula is C14H23BrN4O4S. The Morgan fingerprint density at radius 1 is 1.46 bits per heavy atom. The number of nitrogens with zero attached hydrogens (tertiary/aromatic N) is 3. The number of hydrogen-bond acceptors (Lipinski definition) is 9. The topological polar surface area (TPSA) is 85.8 Å². The van der Waals surface area contributed by atoms with Crippen molar-refractivity contribution in [1.29, 1.82) is 0 Å². The first-order valence-corrected chi connectivity index (χ1v) is 9.78. The zero-order chi connectivity index (χ0) is 17.2. The molecule has 1 aliphatic heterocycles. The van der Waals surface area contributed by atoms with Crippen LogP contribution in [0.4, 0.5) is 5.82 Å². The van der Waals surface area contributed by atoms with E-state index in [0.29, 0.717) is 32.1 Å². The van der Waals surface area contributed by atoms with Gasteiger partial charge in [0.15, 0.2) is 0 Å². The molecule has 1 aromatic rings. The van der Waals surface area contributed by atoms with E-state index in [2.05, 4.69) is 34.9 Å². The second kappa shape index (κ2) is 10.8. The summed E-state index contributed by atoms with van der Waals surface area (Å²) in [5.41, 5.74) is 0. The summed E-state index contributed by atoms with van der Waals surface area (Å²) >= 11 is 4.42. The highest BCUT2D eigenvalue weighted by Crippen LogP contribution is 2.26. The van der Waals surface area contributed by atoms with Crippen molar-refractivity contribution in [2.75, 3.05) is 56.7 Å². The lowest BCUT2D eigenvalue weighted by Gasteiger charge is -2.27. The predicted molar refractivity (Wildman–Crippen MR) is 95.3 cm³/mol. The Kier molecular flexibility index (Phi) is 8.71. The molecule has 0 radical (unpaired) electrons. The maximum absolute atomic E-state index is 11.8. The third kappa shape index (κ3) is 6.15. The molecule has 2 heterocycles. The number of ether oxygens (including phenoxy) is 3. The lowest BCUT2D eigenvalue weighted by Crippen LogP contribution is -2.37. The molecule has 24 heavy (non-hydrogen) atoms. The molecule has 0 aliphatic carbocycles. The van der Waals surface area contributed by atoms with E-state index in [4.69, 9.17) is 14.2 Å². The number of halogens is 1. The third-order valence-electron chi connectivity index (χ3n) is 3.40. The number of nitrogens with one attached hydrogen (secondary N) is 1. The highest BCUT2D eigenvalue weighted by atomic mass is 79.9. The summed E-state index contributed by atoms with van der Waals surface area (Å²) < 4.78 is 25.1. The molecular weight excluding hydrogens is 400 g/mol. The molecule has 0 amide bonds. The van der Waals surface area contributed by atoms with Crippen LogP contribution in [-0.4, -0.2) is 72.7 Å². The average Bonchev–Trinajstić information content (AvgIpc) is 3.07. The molecule has 0 spiro atoms. The molecule has 8 nitrogen and oxygen atoms in total. The van der Waals surface area contributed by atoms with Crippen molar-refractivity contribution in [3.8, 4) is 5.88 Å². The van der Waals surface area contributed by atoms with Crippen LogP contribution in [0.3, 0.4) is 0 Å². The van der Waals surface area contributed by atoms with Crippen molar-refractivity contribution in [3.63, 3.8) is 0 Å². The third-order valence-corrected chi connectivity index (χ3v) is 4.47. The van der Waals surface area contributed by atoms with Crippen LogP contribution in [0.15, 0.2) is 0 Å². The SMILES string of the molecule is CNCC(COc1nsnc1N1CCOCC1)OC(=O)CCCBr. The second-order valence-electron chi connectivity index (χ2n) is 5.27. The van der Waals surface area contributed by atoms with Gasteiger partial charge in [-0.25, -0.2) is 0 Å². The second-order valence-corrected chi connectivity index (χ2v) is 6.59. The van der Waals surface area contributed by atoms with Gasteiger partial charge in [0.2, 0.25) is 5.82 Å². The Balaban J connectivity index is 1.87. The molecule has 1 atom stereocenters. The van der Waals surface area contributed by atoms with Crippen molar-refractivity contribution >= 4 is 39.4 Å². The van der Waals surface area contributed by atoms with E-state index in [9.17, 15) is 4.79 Å². The fourth-order valence-corrected chi connectivity index (χ4v) is 3.03. The van der Waals surface area contributed by atoms with Crippen LogP contribution in [0.2, 0.25) is 0 Å². The number of morpholine rings is 1. The Hall–Kier alpha value is -0.970. The molecule has 0 bridgehead atoms. The van der Waals surface area contributed by atoms with Crippen LogP contribution < -0.4 is 15.0 Å². The maximum atomic E-state index is 11.8. The van der Waals surface area contributed by atoms with Gasteiger partial charge in [0, 0.05) is 31.4 Å². The van der Waals surface area contributed by atoms with Crippen LogP contribution >= 0.6 is 27.7 Å². The Labute approximate surface area is 154 Å². The highest BCUT2D eigenvalue weighted by molar-refractivity contribution is 9.09.